The summed E-state index contributed by atoms with van der Waals surface area (Å²) in [6.07, 6.45) is 8.73. The van der Waals surface area contributed by atoms with E-state index in [4.69, 9.17) is 19.0 Å². The van der Waals surface area contributed by atoms with Crippen molar-refractivity contribution in [2.75, 3.05) is 20.8 Å². The van der Waals surface area contributed by atoms with Gasteiger partial charge in [-0.25, -0.2) is 4.79 Å². The second kappa shape index (κ2) is 9.40. The summed E-state index contributed by atoms with van der Waals surface area (Å²) in [5.74, 6) is 0.710. The Bertz CT molecular complexity index is 894. The Labute approximate surface area is 188 Å². The number of methoxy groups -OCH3 is 2. The van der Waals surface area contributed by atoms with Gasteiger partial charge in [0.15, 0.2) is 17.1 Å². The van der Waals surface area contributed by atoms with Crippen LogP contribution in [0.15, 0.2) is 24.3 Å². The van der Waals surface area contributed by atoms with Crippen LogP contribution in [0.25, 0.3) is 5.70 Å². The minimum Gasteiger partial charge on any atom is -0.493 e. The van der Waals surface area contributed by atoms with Crippen molar-refractivity contribution in [1.29, 1.82) is 0 Å². The maximum atomic E-state index is 13.4. The number of benzene rings is 1. The van der Waals surface area contributed by atoms with Crippen molar-refractivity contribution < 1.29 is 28.6 Å². The highest BCUT2D eigenvalue weighted by Crippen LogP contribution is 2.36. The highest BCUT2D eigenvalue weighted by molar-refractivity contribution is 5.93. The molecule has 2 atom stereocenters. The van der Waals surface area contributed by atoms with E-state index in [0.29, 0.717) is 30.2 Å². The number of carbonyl (C=O) groups is 2. The summed E-state index contributed by atoms with van der Waals surface area (Å²) in [6.45, 7) is 2.21. The molecule has 0 bridgehead atoms. The molecule has 2 heterocycles. The van der Waals surface area contributed by atoms with Gasteiger partial charge in [0.25, 0.3) is 5.91 Å². The zero-order valence-corrected chi connectivity index (χ0v) is 19.0. The summed E-state index contributed by atoms with van der Waals surface area (Å²) in [6, 6.07) is 5.09. The maximum Gasteiger partial charge on any atom is 0.328 e. The van der Waals surface area contributed by atoms with Crippen LogP contribution in [0, 0.1) is 0 Å². The molecular formula is C24H32N2O6. The summed E-state index contributed by atoms with van der Waals surface area (Å²) in [5.41, 5.74) is 3.17. The molecule has 4 rings (SSSR count). The fraction of sp³-hybridized carbons (Fsp3) is 0.583. The Morgan fingerprint density at radius 3 is 2.56 bits per heavy atom. The third-order valence-corrected chi connectivity index (χ3v) is 6.52. The van der Waals surface area contributed by atoms with Crippen LogP contribution in [-0.4, -0.2) is 55.3 Å². The van der Waals surface area contributed by atoms with E-state index in [1.165, 1.54) is 20.0 Å². The largest absolute Gasteiger partial charge is 0.493 e. The first-order valence-electron chi connectivity index (χ1n) is 11.4. The number of ether oxygens (including phenoxy) is 3. The molecule has 1 amide bonds. The lowest BCUT2D eigenvalue weighted by atomic mass is 9.96. The summed E-state index contributed by atoms with van der Waals surface area (Å²) in [5, 5.41) is 0. The molecule has 8 nitrogen and oxygen atoms in total. The van der Waals surface area contributed by atoms with E-state index in [0.717, 1.165) is 31.2 Å². The quantitative estimate of drug-likeness (QED) is 0.674. The van der Waals surface area contributed by atoms with Gasteiger partial charge in [-0.15, -0.1) is 0 Å². The van der Waals surface area contributed by atoms with Crippen molar-refractivity contribution in [3.63, 3.8) is 0 Å². The summed E-state index contributed by atoms with van der Waals surface area (Å²) in [4.78, 5) is 32.9. The van der Waals surface area contributed by atoms with Gasteiger partial charge in [0.1, 0.15) is 6.04 Å². The second-order valence-corrected chi connectivity index (χ2v) is 8.79. The monoisotopic (exact) mass is 444 g/mol. The number of hydrogen-bond donors (Lipinski definition) is 1. The number of piperidine rings is 1. The fourth-order valence-electron chi connectivity index (χ4n) is 4.71. The molecule has 8 heteroatoms. The van der Waals surface area contributed by atoms with E-state index in [1.54, 1.807) is 25.0 Å². The number of nitrogens with one attached hydrogen (secondary N) is 1. The number of rotatable bonds is 6. The lowest BCUT2D eigenvalue weighted by molar-refractivity contribution is -0.165. The van der Waals surface area contributed by atoms with Crippen LogP contribution in [0.3, 0.4) is 0 Å². The Hall–Kier alpha value is -2.74. The molecular weight excluding hydrogens is 412 g/mol. The SMILES string of the molecule is COC(=O)C1CCCCN1C(=O)C1(C)C=C(c2ccc(OC)c(OC3CCCC3)c2)NO1. The number of likely N-dealkylation sites (tertiary alicyclic amines) is 1. The van der Waals surface area contributed by atoms with Gasteiger partial charge in [-0.3, -0.25) is 15.1 Å². The van der Waals surface area contributed by atoms with Crippen LogP contribution in [0.4, 0.5) is 0 Å². The van der Waals surface area contributed by atoms with Gasteiger partial charge in [0.05, 0.1) is 26.0 Å². The summed E-state index contributed by atoms with van der Waals surface area (Å²) < 4.78 is 16.6. The molecule has 0 radical (unpaired) electrons. The predicted molar refractivity (Wildman–Crippen MR) is 118 cm³/mol. The first-order chi connectivity index (χ1) is 15.4. The molecule has 1 aromatic carbocycles. The normalized spacial score (nSPS) is 25.8. The first-order valence-corrected chi connectivity index (χ1v) is 11.4. The first kappa shape index (κ1) is 22.5. The lowest BCUT2D eigenvalue weighted by Gasteiger charge is -2.37. The van der Waals surface area contributed by atoms with Crippen molar-refractivity contribution in [1.82, 2.24) is 10.4 Å². The standard InChI is InChI=1S/C24H32N2O6/c1-24(23(28)26-13-7-6-10-19(26)22(27)30-3)15-18(25-32-24)16-11-12-20(29-2)21(14-16)31-17-8-4-5-9-17/h11-12,14-15,17,19,25H,4-10,13H2,1-3H3. The lowest BCUT2D eigenvalue weighted by Crippen LogP contribution is -2.55. The molecule has 2 fully saturated rings. The van der Waals surface area contributed by atoms with E-state index >= 15 is 0 Å². The van der Waals surface area contributed by atoms with Crippen molar-refractivity contribution in [3.8, 4) is 11.5 Å². The average molecular weight is 445 g/mol. The van der Waals surface area contributed by atoms with E-state index in [-0.39, 0.29) is 18.0 Å². The summed E-state index contributed by atoms with van der Waals surface area (Å²) in [7, 11) is 2.97. The Kier molecular flexibility index (Phi) is 6.60. The van der Waals surface area contributed by atoms with E-state index in [9.17, 15) is 9.59 Å². The molecule has 1 saturated heterocycles. The van der Waals surface area contributed by atoms with E-state index in [1.807, 2.05) is 18.2 Å². The number of nitrogens with zero attached hydrogens (tertiary/aromatic N) is 1. The number of hydrogen-bond acceptors (Lipinski definition) is 7. The van der Waals surface area contributed by atoms with Crippen molar-refractivity contribution >= 4 is 17.6 Å². The summed E-state index contributed by atoms with van der Waals surface area (Å²) >= 11 is 0. The van der Waals surface area contributed by atoms with Crippen LogP contribution >= 0.6 is 0 Å². The molecule has 1 aromatic rings. The van der Waals surface area contributed by atoms with Gasteiger partial charge >= 0.3 is 5.97 Å². The molecule has 1 saturated carbocycles. The predicted octanol–water partition coefficient (Wildman–Crippen LogP) is 3.21. The van der Waals surface area contributed by atoms with Crippen molar-refractivity contribution in [2.45, 2.75) is 69.6 Å². The highest BCUT2D eigenvalue weighted by Gasteiger charge is 2.45. The highest BCUT2D eigenvalue weighted by atomic mass is 16.7. The molecule has 1 aliphatic carbocycles. The van der Waals surface area contributed by atoms with Crippen LogP contribution in [0.1, 0.15) is 57.4 Å². The van der Waals surface area contributed by atoms with Gasteiger partial charge in [-0.2, -0.15) is 0 Å². The minimum absolute atomic E-state index is 0.196. The molecule has 0 aromatic heterocycles. The zero-order valence-electron chi connectivity index (χ0n) is 19.0. The third kappa shape index (κ3) is 4.41. The van der Waals surface area contributed by atoms with Gasteiger partial charge in [-0.1, -0.05) is 0 Å². The smallest absolute Gasteiger partial charge is 0.328 e. The molecule has 3 aliphatic rings. The fourth-order valence-corrected chi connectivity index (χ4v) is 4.71. The van der Waals surface area contributed by atoms with Gasteiger partial charge < -0.3 is 19.1 Å². The number of hydroxylamine groups is 1. The molecule has 32 heavy (non-hydrogen) atoms. The minimum atomic E-state index is -1.23. The number of esters is 1. The van der Waals surface area contributed by atoms with Crippen LogP contribution < -0.4 is 15.0 Å². The maximum absolute atomic E-state index is 13.4. The van der Waals surface area contributed by atoms with Crippen LogP contribution in [0.2, 0.25) is 0 Å². The third-order valence-electron chi connectivity index (χ3n) is 6.52. The Morgan fingerprint density at radius 2 is 1.84 bits per heavy atom. The zero-order chi connectivity index (χ0) is 22.7. The molecule has 174 valence electrons. The number of amides is 1. The van der Waals surface area contributed by atoms with E-state index in [2.05, 4.69) is 5.48 Å². The van der Waals surface area contributed by atoms with Crippen LogP contribution in [-0.2, 0) is 19.2 Å². The van der Waals surface area contributed by atoms with Crippen molar-refractivity contribution in [3.05, 3.63) is 29.8 Å². The van der Waals surface area contributed by atoms with Gasteiger partial charge in [0.2, 0.25) is 0 Å². The Balaban J connectivity index is 1.56. The topological polar surface area (TPSA) is 86.3 Å². The average Bonchev–Trinajstić information content (AvgIpc) is 3.48. The molecule has 2 aliphatic heterocycles. The van der Waals surface area contributed by atoms with E-state index < -0.39 is 11.6 Å². The van der Waals surface area contributed by atoms with Gasteiger partial charge in [-0.05, 0) is 76.1 Å². The molecule has 2 unspecified atom stereocenters. The van der Waals surface area contributed by atoms with Crippen molar-refractivity contribution in [2.24, 2.45) is 0 Å². The number of carbonyl (C=O) groups excluding carboxylic acids is 2. The second-order valence-electron chi connectivity index (χ2n) is 8.79. The van der Waals surface area contributed by atoms with Gasteiger partial charge in [0, 0.05) is 12.1 Å². The molecule has 0 spiro atoms. The van der Waals surface area contributed by atoms with Crippen LogP contribution in [0.5, 0.6) is 11.5 Å². The Morgan fingerprint density at radius 1 is 1.09 bits per heavy atom. The molecule has 1 N–H and O–H groups in total.